The van der Waals surface area contributed by atoms with Crippen molar-refractivity contribution in [1.82, 2.24) is 20.5 Å². The van der Waals surface area contributed by atoms with Crippen molar-refractivity contribution in [2.75, 3.05) is 82.8 Å². The molecule has 356 valence electrons. The van der Waals surface area contributed by atoms with Crippen molar-refractivity contribution < 1.29 is 47.7 Å². The fourth-order valence-corrected chi connectivity index (χ4v) is 8.81. The topological polar surface area (TPSA) is 207 Å². The average Bonchev–Trinajstić information content (AvgIpc) is 3.57. The number of benzene rings is 3. The van der Waals surface area contributed by atoms with Gasteiger partial charge in [0.1, 0.15) is 18.4 Å². The van der Waals surface area contributed by atoms with E-state index in [0.717, 1.165) is 57.9 Å². The maximum atomic E-state index is 13.9. The van der Waals surface area contributed by atoms with Crippen LogP contribution in [0.1, 0.15) is 86.1 Å². The van der Waals surface area contributed by atoms with Gasteiger partial charge in [-0.25, -0.2) is 0 Å². The van der Waals surface area contributed by atoms with Gasteiger partial charge >= 0.3 is 0 Å². The first-order valence-electron chi connectivity index (χ1n) is 23.0. The Morgan fingerprint density at radius 3 is 2.21 bits per heavy atom. The number of nitrogens with zero attached hydrogens (tertiary/aromatic N) is 2. The Kier molecular flexibility index (Phi) is 16.6. The van der Waals surface area contributed by atoms with E-state index in [1.54, 1.807) is 18.2 Å². The number of ether oxygens (including phenoxy) is 5. The highest BCUT2D eigenvalue weighted by atomic mass is 16.6. The lowest BCUT2D eigenvalue weighted by atomic mass is 9.95. The first kappa shape index (κ1) is 48.5. The van der Waals surface area contributed by atoms with Gasteiger partial charge in [-0.15, -0.1) is 0 Å². The number of hydrogen-bond donors (Lipinski definition) is 4. The summed E-state index contributed by atoms with van der Waals surface area (Å²) in [5.41, 5.74) is 7.06. The van der Waals surface area contributed by atoms with E-state index in [1.165, 1.54) is 0 Å². The van der Waals surface area contributed by atoms with Gasteiger partial charge in [-0.1, -0.05) is 18.2 Å². The number of piperidine rings is 1. The number of anilines is 2. The molecule has 5 amide bonds. The number of aromatic amines is 1. The summed E-state index contributed by atoms with van der Waals surface area (Å²) in [6.45, 7) is 13.0. The summed E-state index contributed by atoms with van der Waals surface area (Å²) in [4.78, 5) is 83.1. The first-order valence-corrected chi connectivity index (χ1v) is 23.0. The number of aryl methyl sites for hydroxylation is 2. The zero-order valence-corrected chi connectivity index (χ0v) is 38.6. The van der Waals surface area contributed by atoms with E-state index in [9.17, 15) is 28.8 Å². The van der Waals surface area contributed by atoms with E-state index in [4.69, 9.17) is 23.7 Å². The number of fused-ring (bicyclic) bond motifs is 1. The van der Waals surface area contributed by atoms with Gasteiger partial charge in [0.15, 0.2) is 0 Å². The summed E-state index contributed by atoms with van der Waals surface area (Å²) in [5, 5.41) is 8.37. The molecule has 17 nitrogen and oxygen atoms in total. The van der Waals surface area contributed by atoms with Crippen molar-refractivity contribution in [1.29, 1.82) is 0 Å². The van der Waals surface area contributed by atoms with E-state index in [1.807, 2.05) is 57.2 Å². The second-order valence-corrected chi connectivity index (χ2v) is 16.7. The zero-order valence-electron chi connectivity index (χ0n) is 38.6. The molecule has 4 heterocycles. The number of amides is 5. The predicted molar refractivity (Wildman–Crippen MR) is 251 cm³/mol. The SMILES string of the molecule is CCN(c1cc(-c2ccc(OCCOCCOCCOCCNc3cccc4c3C(=O)N(C3CCC(=O)NC3=O)C4=O)cc2)cc(C(=O)NCc2c(C)cc(C)[nH]c2=O)c1C)C1CCOCC1. The Balaban J connectivity index is 0.828. The van der Waals surface area contributed by atoms with Crippen molar-refractivity contribution in [3.63, 3.8) is 0 Å². The van der Waals surface area contributed by atoms with Gasteiger partial charge in [-0.2, -0.15) is 0 Å². The lowest BCUT2D eigenvalue weighted by Crippen LogP contribution is -2.54. The lowest BCUT2D eigenvalue weighted by molar-refractivity contribution is -0.136. The highest BCUT2D eigenvalue weighted by Crippen LogP contribution is 2.35. The summed E-state index contributed by atoms with van der Waals surface area (Å²) < 4.78 is 28.6. The van der Waals surface area contributed by atoms with Gasteiger partial charge in [0.05, 0.1) is 50.8 Å². The van der Waals surface area contributed by atoms with Crippen LogP contribution in [0.5, 0.6) is 5.75 Å². The third kappa shape index (κ3) is 11.8. The zero-order chi connectivity index (χ0) is 47.5. The van der Waals surface area contributed by atoms with Crippen molar-refractivity contribution >= 4 is 40.9 Å². The summed E-state index contributed by atoms with van der Waals surface area (Å²) in [7, 11) is 0. The summed E-state index contributed by atoms with van der Waals surface area (Å²) in [6, 6.07) is 17.9. The summed E-state index contributed by atoms with van der Waals surface area (Å²) in [6.07, 6.45) is 1.95. The minimum absolute atomic E-state index is 0.0548. The maximum absolute atomic E-state index is 13.9. The van der Waals surface area contributed by atoms with E-state index in [-0.39, 0.29) is 48.0 Å². The van der Waals surface area contributed by atoms with Crippen LogP contribution in [0.2, 0.25) is 0 Å². The molecule has 3 aromatic carbocycles. The standard InChI is InChI=1S/C50H60N6O11/c1-5-55(36-15-18-63-19-16-36)43-29-35(28-39(33(43)4)46(58)52-30-40-31(2)27-32(3)53-47(40)59)34-9-11-37(12-10-34)67-26-25-66-24-23-65-22-21-64-20-17-51-41-8-6-7-38-45(41)50(62)56(49(38)61)42-13-14-44(57)54-48(42)60/h6-12,27-29,36,42,51H,5,13-26,30H2,1-4H3,(H,52,58)(H,53,59)(H,54,57,60). The fraction of sp³-hybridized carbons (Fsp3) is 0.440. The van der Waals surface area contributed by atoms with Crippen LogP contribution < -0.4 is 31.1 Å². The molecule has 17 heteroatoms. The van der Waals surface area contributed by atoms with Crippen LogP contribution in [-0.2, 0) is 35.1 Å². The number of imide groups is 2. The van der Waals surface area contributed by atoms with Gasteiger partial charge in [0.25, 0.3) is 23.3 Å². The molecule has 0 spiro atoms. The predicted octanol–water partition coefficient (Wildman–Crippen LogP) is 4.84. The number of nitrogens with one attached hydrogen (secondary N) is 4. The Labute approximate surface area is 389 Å². The van der Waals surface area contributed by atoms with Crippen molar-refractivity contribution in [3.05, 3.63) is 110 Å². The van der Waals surface area contributed by atoms with E-state index < -0.39 is 29.7 Å². The fourth-order valence-electron chi connectivity index (χ4n) is 8.81. The Morgan fingerprint density at radius 2 is 1.52 bits per heavy atom. The molecule has 4 aromatic rings. The molecule has 2 saturated heterocycles. The molecule has 1 unspecified atom stereocenters. The van der Waals surface area contributed by atoms with E-state index >= 15 is 0 Å². The number of carbonyl (C=O) groups is 5. The van der Waals surface area contributed by atoms with Crippen LogP contribution >= 0.6 is 0 Å². The molecule has 0 aliphatic carbocycles. The minimum Gasteiger partial charge on any atom is -0.491 e. The Hall–Kier alpha value is -6.40. The minimum atomic E-state index is -1.03. The van der Waals surface area contributed by atoms with Crippen molar-refractivity contribution in [2.45, 2.75) is 72.0 Å². The number of rotatable bonds is 22. The molecule has 7 rings (SSSR count). The molecule has 0 saturated carbocycles. The molecule has 4 N–H and O–H groups in total. The maximum Gasteiger partial charge on any atom is 0.264 e. The molecule has 67 heavy (non-hydrogen) atoms. The van der Waals surface area contributed by atoms with Crippen LogP contribution in [0, 0.1) is 20.8 Å². The normalized spacial score (nSPS) is 16.2. The lowest BCUT2D eigenvalue weighted by Gasteiger charge is -2.37. The Morgan fingerprint density at radius 1 is 0.821 bits per heavy atom. The average molecular weight is 921 g/mol. The number of hydrogen-bond acceptors (Lipinski definition) is 13. The number of carbonyl (C=O) groups excluding carboxylic acids is 5. The Bertz CT molecular complexity index is 2500. The first-order chi connectivity index (χ1) is 32.4. The van der Waals surface area contributed by atoms with Gasteiger partial charge in [-0.3, -0.25) is 39.0 Å². The molecule has 1 atom stereocenters. The van der Waals surface area contributed by atoms with Crippen LogP contribution in [0.4, 0.5) is 11.4 Å². The van der Waals surface area contributed by atoms with Crippen LogP contribution in [0.15, 0.2) is 65.5 Å². The monoisotopic (exact) mass is 920 g/mol. The van der Waals surface area contributed by atoms with Crippen LogP contribution in [0.3, 0.4) is 0 Å². The third-order valence-corrected chi connectivity index (χ3v) is 12.3. The number of aromatic nitrogens is 1. The van der Waals surface area contributed by atoms with Gasteiger partial charge < -0.3 is 44.2 Å². The quantitative estimate of drug-likeness (QED) is 0.0616. The van der Waals surface area contributed by atoms with Crippen molar-refractivity contribution in [3.8, 4) is 16.9 Å². The van der Waals surface area contributed by atoms with Crippen molar-refractivity contribution in [2.24, 2.45) is 0 Å². The van der Waals surface area contributed by atoms with Gasteiger partial charge in [0, 0.05) is 73.5 Å². The number of pyridine rings is 1. The van der Waals surface area contributed by atoms with Crippen LogP contribution in [-0.4, -0.2) is 124 Å². The number of H-pyrrole nitrogens is 1. The second-order valence-electron chi connectivity index (χ2n) is 16.7. The molecular formula is C50H60N6O11. The molecule has 1 aromatic heterocycles. The highest BCUT2D eigenvalue weighted by molar-refractivity contribution is 6.25. The van der Waals surface area contributed by atoms with Crippen LogP contribution in [0.25, 0.3) is 11.1 Å². The molecule has 3 aliphatic heterocycles. The molecular weight excluding hydrogens is 861 g/mol. The van der Waals surface area contributed by atoms with Gasteiger partial charge in [-0.05, 0) is 112 Å². The molecule has 3 aliphatic rings. The molecule has 0 radical (unpaired) electrons. The molecule has 0 bridgehead atoms. The smallest absolute Gasteiger partial charge is 0.264 e. The van der Waals surface area contributed by atoms with E-state index in [2.05, 4.69) is 38.8 Å². The van der Waals surface area contributed by atoms with Gasteiger partial charge in [0.2, 0.25) is 11.8 Å². The summed E-state index contributed by atoms with van der Waals surface area (Å²) in [5.74, 6) is -1.77. The largest absolute Gasteiger partial charge is 0.491 e. The molecule has 2 fully saturated rings. The third-order valence-electron chi connectivity index (χ3n) is 12.3. The second kappa shape index (κ2) is 22.9. The highest BCUT2D eigenvalue weighted by Gasteiger charge is 2.45. The summed E-state index contributed by atoms with van der Waals surface area (Å²) >= 11 is 0. The van der Waals surface area contributed by atoms with E-state index in [0.29, 0.717) is 88.6 Å².